The van der Waals surface area contributed by atoms with E-state index >= 15 is 0 Å². The Morgan fingerprint density at radius 1 is 0.633 bits per heavy atom. The number of ether oxygens (including phenoxy) is 1. The van der Waals surface area contributed by atoms with Crippen molar-refractivity contribution in [3.05, 3.63) is 129 Å². The Morgan fingerprint density at radius 2 is 1.00 bits per heavy atom. The van der Waals surface area contributed by atoms with Crippen molar-refractivity contribution < 1.29 is 39.9 Å². The summed E-state index contributed by atoms with van der Waals surface area (Å²) >= 11 is 11.8. The van der Waals surface area contributed by atoms with E-state index < -0.39 is 38.0 Å². The van der Waals surface area contributed by atoms with E-state index in [2.05, 4.69) is 14.5 Å². The molecule has 2 fully saturated rings. The highest BCUT2D eigenvalue weighted by molar-refractivity contribution is 7.90. The molecule has 2 N–H and O–H groups in total. The fourth-order valence-electron chi connectivity index (χ4n) is 6.32. The number of hydrogen-bond acceptors (Lipinski definition) is 10. The Kier molecular flexibility index (Phi) is 16.0. The predicted octanol–water partition coefficient (Wildman–Crippen LogP) is 4.88. The van der Waals surface area contributed by atoms with E-state index in [9.17, 15) is 35.2 Å². The molecule has 60 heavy (non-hydrogen) atoms. The number of rotatable bonds is 13. The second-order valence-electron chi connectivity index (χ2n) is 14.1. The van der Waals surface area contributed by atoms with Crippen LogP contribution >= 0.6 is 23.2 Å². The topological polar surface area (TPSA) is 157 Å². The zero-order valence-corrected chi connectivity index (χ0v) is 36.5. The molecule has 0 spiro atoms. The fourth-order valence-corrected chi connectivity index (χ4v) is 9.86. The molecule has 324 valence electrons. The van der Waals surface area contributed by atoms with Crippen LogP contribution in [0.25, 0.3) is 0 Å². The van der Waals surface area contributed by atoms with Gasteiger partial charge in [0.2, 0.25) is 0 Å². The SMILES string of the molecule is CN1CCN(S(=O)(=O)N(Cc2ccc(C(=O)CN)cc2)c2ccc(F)c(Cl)c2)CC1.COC(=O)c1ccc(CN(c2ccc(F)c(Cl)c2)S(=O)(=O)N2CCN(C)CC2)cc1. The van der Waals surface area contributed by atoms with Crippen LogP contribution in [0.15, 0.2) is 84.9 Å². The van der Waals surface area contributed by atoms with E-state index in [-0.39, 0.29) is 46.8 Å². The summed E-state index contributed by atoms with van der Waals surface area (Å²) in [4.78, 5) is 27.5. The molecular formula is C40H47Cl2F2N7O7S2. The molecule has 0 unspecified atom stereocenters. The van der Waals surface area contributed by atoms with Crippen molar-refractivity contribution in [3.63, 3.8) is 0 Å². The highest BCUT2D eigenvalue weighted by Gasteiger charge is 2.34. The van der Waals surface area contributed by atoms with Crippen molar-refractivity contribution in [1.29, 1.82) is 0 Å². The summed E-state index contributed by atoms with van der Waals surface area (Å²) in [5, 5.41) is -0.318. The van der Waals surface area contributed by atoms with Gasteiger partial charge in [0.1, 0.15) is 11.6 Å². The number of esters is 1. The van der Waals surface area contributed by atoms with Gasteiger partial charge in [-0.25, -0.2) is 13.6 Å². The summed E-state index contributed by atoms with van der Waals surface area (Å²) in [7, 11) is -2.62. The van der Waals surface area contributed by atoms with Gasteiger partial charge in [-0.05, 0) is 73.8 Å². The van der Waals surface area contributed by atoms with Crippen molar-refractivity contribution in [1.82, 2.24) is 18.4 Å². The molecule has 0 saturated carbocycles. The molecule has 20 heteroatoms. The van der Waals surface area contributed by atoms with Gasteiger partial charge in [-0.2, -0.15) is 25.4 Å². The third kappa shape index (κ3) is 11.6. The Hall–Kier alpha value is -4.24. The van der Waals surface area contributed by atoms with Crippen molar-refractivity contribution in [2.24, 2.45) is 5.73 Å². The molecule has 0 atom stereocenters. The maximum Gasteiger partial charge on any atom is 0.337 e. The number of hydrogen-bond donors (Lipinski definition) is 1. The van der Waals surface area contributed by atoms with Gasteiger partial charge >= 0.3 is 26.4 Å². The molecule has 2 heterocycles. The van der Waals surface area contributed by atoms with Crippen LogP contribution in [-0.2, 0) is 38.2 Å². The number of likely N-dealkylation sites (N-methyl/N-ethyl adjacent to an activating group) is 2. The van der Waals surface area contributed by atoms with Crippen molar-refractivity contribution in [2.75, 3.05) is 88.7 Å². The van der Waals surface area contributed by atoms with Gasteiger partial charge in [-0.15, -0.1) is 0 Å². The smallest absolute Gasteiger partial charge is 0.337 e. The quantitative estimate of drug-likeness (QED) is 0.145. The van der Waals surface area contributed by atoms with Gasteiger partial charge < -0.3 is 20.3 Å². The molecule has 0 bridgehead atoms. The number of anilines is 2. The van der Waals surface area contributed by atoms with Crippen LogP contribution in [0.5, 0.6) is 0 Å². The van der Waals surface area contributed by atoms with Gasteiger partial charge in [-0.1, -0.05) is 59.6 Å². The summed E-state index contributed by atoms with van der Waals surface area (Å²) in [6.45, 7) is 3.79. The number of Topliss-reactive ketones (excluding diaryl/α,β-unsaturated/α-hetero) is 1. The number of nitrogens with two attached hydrogens (primary N) is 1. The minimum atomic E-state index is -3.89. The van der Waals surface area contributed by atoms with Crippen LogP contribution in [-0.4, -0.2) is 127 Å². The highest BCUT2D eigenvalue weighted by atomic mass is 35.5. The van der Waals surface area contributed by atoms with Crippen LogP contribution in [0.2, 0.25) is 10.0 Å². The number of ketones is 1. The number of piperazine rings is 2. The minimum Gasteiger partial charge on any atom is -0.465 e. The lowest BCUT2D eigenvalue weighted by molar-refractivity contribution is 0.0600. The first-order chi connectivity index (χ1) is 28.4. The molecule has 14 nitrogen and oxygen atoms in total. The van der Waals surface area contributed by atoms with Crippen LogP contribution in [0, 0.1) is 11.6 Å². The first-order valence-electron chi connectivity index (χ1n) is 18.8. The van der Waals surface area contributed by atoms with E-state index in [1.54, 1.807) is 48.5 Å². The predicted molar refractivity (Wildman–Crippen MR) is 229 cm³/mol. The van der Waals surface area contributed by atoms with Crippen LogP contribution in [0.1, 0.15) is 31.8 Å². The highest BCUT2D eigenvalue weighted by Crippen LogP contribution is 2.30. The van der Waals surface area contributed by atoms with Gasteiger partial charge in [0, 0.05) is 57.9 Å². The summed E-state index contributed by atoms with van der Waals surface area (Å²) < 4.78 is 91.0. The summed E-state index contributed by atoms with van der Waals surface area (Å²) in [6.07, 6.45) is 0. The molecule has 6 rings (SSSR count). The van der Waals surface area contributed by atoms with E-state index in [0.29, 0.717) is 74.6 Å². The lowest BCUT2D eigenvalue weighted by Crippen LogP contribution is -2.52. The summed E-state index contributed by atoms with van der Waals surface area (Å²) in [5.74, 6) is -1.93. The molecule has 0 aromatic heterocycles. The Balaban J connectivity index is 0.000000228. The van der Waals surface area contributed by atoms with Crippen molar-refractivity contribution >= 4 is 66.7 Å². The molecule has 0 amide bonds. The largest absolute Gasteiger partial charge is 0.465 e. The Bertz CT molecular complexity index is 2180. The van der Waals surface area contributed by atoms with E-state index in [4.69, 9.17) is 28.9 Å². The van der Waals surface area contributed by atoms with Crippen molar-refractivity contribution in [2.45, 2.75) is 13.1 Å². The van der Waals surface area contributed by atoms with E-state index in [1.165, 1.54) is 48.6 Å². The summed E-state index contributed by atoms with van der Waals surface area (Å²) in [5.41, 5.74) is 8.05. The molecule has 0 aliphatic carbocycles. The molecule has 2 saturated heterocycles. The van der Waals surface area contributed by atoms with Gasteiger partial charge in [0.15, 0.2) is 5.78 Å². The molecule has 0 radical (unpaired) electrons. The number of carbonyl (C=O) groups is 2. The second-order valence-corrected chi connectivity index (χ2v) is 18.7. The van der Waals surface area contributed by atoms with Gasteiger partial charge in [-0.3, -0.25) is 13.4 Å². The van der Waals surface area contributed by atoms with Crippen LogP contribution in [0.4, 0.5) is 20.2 Å². The lowest BCUT2D eigenvalue weighted by Gasteiger charge is -2.36. The van der Waals surface area contributed by atoms with E-state index in [0.717, 1.165) is 12.1 Å². The third-order valence-corrected chi connectivity index (χ3v) is 14.4. The molecular weight excluding hydrogens is 864 g/mol. The number of carbonyl (C=O) groups excluding carboxylic acids is 2. The zero-order chi connectivity index (χ0) is 43.8. The van der Waals surface area contributed by atoms with Gasteiger partial charge in [0.05, 0.1) is 53.7 Å². The summed E-state index contributed by atoms with van der Waals surface area (Å²) in [6, 6.07) is 20.7. The maximum absolute atomic E-state index is 13.7. The zero-order valence-electron chi connectivity index (χ0n) is 33.3. The van der Waals surface area contributed by atoms with Crippen LogP contribution in [0.3, 0.4) is 0 Å². The second kappa shape index (κ2) is 20.5. The Labute approximate surface area is 360 Å². The number of halogens is 4. The average Bonchev–Trinajstić information content (AvgIpc) is 3.24. The number of methoxy groups -OCH3 is 1. The number of nitrogens with zero attached hydrogens (tertiary/aromatic N) is 6. The fraction of sp³-hybridized carbons (Fsp3) is 0.350. The average molecular weight is 911 g/mol. The first kappa shape index (κ1) is 46.8. The van der Waals surface area contributed by atoms with Crippen LogP contribution < -0.4 is 14.3 Å². The number of benzene rings is 4. The normalized spacial score (nSPS) is 15.8. The maximum atomic E-state index is 13.7. The molecule has 4 aromatic rings. The lowest BCUT2D eigenvalue weighted by atomic mass is 10.1. The molecule has 4 aromatic carbocycles. The van der Waals surface area contributed by atoms with E-state index in [1.807, 2.05) is 14.1 Å². The molecule has 2 aliphatic heterocycles. The van der Waals surface area contributed by atoms with Gasteiger partial charge in [0.25, 0.3) is 0 Å². The molecule has 2 aliphatic rings. The minimum absolute atomic E-state index is 0.00190. The standard InChI is InChI=1S/C20H24ClFN4O3S.C20H23ClFN3O4S/c1-24-8-10-25(11-9-24)30(28,29)26(17-6-7-19(22)18(21)12-17)14-15-2-4-16(5-3-15)20(27)13-23;1-23-9-11-24(12-10-23)30(27,28)25(17-7-8-19(22)18(21)13-17)14-15-3-5-16(6-4-15)20(26)29-2/h2-7,12H,8-11,13-14,23H2,1H3;3-8,13H,9-12,14H2,1-2H3. The third-order valence-electron chi connectivity index (χ3n) is 10.0. The van der Waals surface area contributed by atoms with Crippen molar-refractivity contribution in [3.8, 4) is 0 Å². The first-order valence-corrected chi connectivity index (χ1v) is 22.3. The Morgan fingerprint density at radius 3 is 1.33 bits per heavy atom. The monoisotopic (exact) mass is 909 g/mol.